The minimum Gasteiger partial charge on any atom is -0.484 e. The standard InChI is InChI=1S/C18H26NO6PS2/c1-13-8-11-27-17(13)24-10-3-4-15(20)16-6-5-14(28-16)7-9-18(2,19)12-25-26(21,22)23/h5-6,8,11H,3-4,7,9-10,12,19H2,1-2H3,(H2,21,22,23). The number of carbonyl (C=O) groups is 1. The van der Waals surface area contributed by atoms with Gasteiger partial charge in [-0.2, -0.15) is 0 Å². The van der Waals surface area contributed by atoms with Crippen molar-refractivity contribution >= 4 is 36.3 Å². The van der Waals surface area contributed by atoms with Crippen LogP contribution in [0.3, 0.4) is 0 Å². The third-order valence-electron chi connectivity index (χ3n) is 4.04. The fraction of sp³-hybridized carbons (Fsp3) is 0.500. The molecule has 4 N–H and O–H groups in total. The number of hydrogen-bond acceptors (Lipinski definition) is 7. The second-order valence-corrected chi connectivity index (χ2v) is 10.2. The van der Waals surface area contributed by atoms with Gasteiger partial charge in [-0.05, 0) is 56.7 Å². The van der Waals surface area contributed by atoms with Crippen LogP contribution in [0.4, 0.5) is 0 Å². The number of nitrogens with two attached hydrogens (primary N) is 1. The predicted molar refractivity (Wildman–Crippen MR) is 111 cm³/mol. The van der Waals surface area contributed by atoms with Crippen LogP contribution >= 0.6 is 30.5 Å². The second kappa shape index (κ2) is 10.1. The summed E-state index contributed by atoms with van der Waals surface area (Å²) in [5, 5.41) is 2.88. The van der Waals surface area contributed by atoms with E-state index in [4.69, 9.17) is 20.3 Å². The van der Waals surface area contributed by atoms with Crippen molar-refractivity contribution in [2.75, 3.05) is 13.2 Å². The van der Waals surface area contributed by atoms with E-state index in [1.807, 2.05) is 30.5 Å². The Kier molecular flexibility index (Phi) is 8.39. The summed E-state index contributed by atoms with van der Waals surface area (Å²) in [5.41, 5.74) is 6.27. The van der Waals surface area contributed by atoms with Crippen molar-refractivity contribution in [3.8, 4) is 5.06 Å². The number of rotatable bonds is 12. The first-order valence-electron chi connectivity index (χ1n) is 8.83. The van der Waals surface area contributed by atoms with Gasteiger partial charge in [-0.15, -0.1) is 22.7 Å². The monoisotopic (exact) mass is 447 g/mol. The third kappa shape index (κ3) is 8.13. The molecule has 28 heavy (non-hydrogen) atoms. The molecule has 7 nitrogen and oxygen atoms in total. The molecule has 156 valence electrons. The van der Waals surface area contributed by atoms with Gasteiger partial charge in [-0.25, -0.2) is 4.57 Å². The van der Waals surface area contributed by atoms with Gasteiger partial charge in [0.15, 0.2) is 10.8 Å². The summed E-state index contributed by atoms with van der Waals surface area (Å²) in [7, 11) is -4.53. The topological polar surface area (TPSA) is 119 Å². The van der Waals surface area contributed by atoms with Crippen LogP contribution in [-0.4, -0.2) is 34.3 Å². The first-order valence-corrected chi connectivity index (χ1v) is 12.1. The number of Topliss-reactive ketones (excluding diaryl/α,β-unsaturated/α-hetero) is 1. The summed E-state index contributed by atoms with van der Waals surface area (Å²) in [6.45, 7) is 3.95. The minimum absolute atomic E-state index is 0.0862. The molecule has 0 amide bonds. The van der Waals surface area contributed by atoms with Crippen LogP contribution in [0.25, 0.3) is 0 Å². The maximum Gasteiger partial charge on any atom is 0.469 e. The molecule has 0 aliphatic heterocycles. The lowest BCUT2D eigenvalue weighted by molar-refractivity contribution is 0.0977. The number of aryl methyl sites for hydroxylation is 2. The third-order valence-corrected chi connectivity index (χ3v) is 6.62. The molecule has 0 aromatic carbocycles. The predicted octanol–water partition coefficient (Wildman–Crippen LogP) is 3.92. The van der Waals surface area contributed by atoms with E-state index < -0.39 is 13.4 Å². The largest absolute Gasteiger partial charge is 0.484 e. The van der Waals surface area contributed by atoms with Gasteiger partial charge in [-0.3, -0.25) is 9.32 Å². The molecule has 2 heterocycles. The van der Waals surface area contributed by atoms with Crippen LogP contribution < -0.4 is 10.5 Å². The summed E-state index contributed by atoms with van der Waals surface area (Å²) in [4.78, 5) is 31.6. The number of ketones is 1. The molecule has 0 saturated heterocycles. The highest BCUT2D eigenvalue weighted by molar-refractivity contribution is 7.46. The van der Waals surface area contributed by atoms with E-state index in [0.717, 1.165) is 15.5 Å². The molecular weight excluding hydrogens is 421 g/mol. The highest BCUT2D eigenvalue weighted by Gasteiger charge is 2.24. The summed E-state index contributed by atoms with van der Waals surface area (Å²) >= 11 is 2.98. The zero-order valence-corrected chi connectivity index (χ0v) is 18.4. The zero-order chi connectivity index (χ0) is 20.8. The Morgan fingerprint density at radius 3 is 2.71 bits per heavy atom. The Bertz CT molecular complexity index is 826. The van der Waals surface area contributed by atoms with E-state index in [-0.39, 0.29) is 12.4 Å². The molecular formula is C18H26NO6PS2. The first kappa shape index (κ1) is 23.2. The van der Waals surface area contributed by atoms with Gasteiger partial charge in [-0.1, -0.05) is 0 Å². The Morgan fingerprint density at radius 1 is 1.32 bits per heavy atom. The van der Waals surface area contributed by atoms with Crippen molar-refractivity contribution in [3.05, 3.63) is 38.9 Å². The molecule has 0 saturated carbocycles. The Labute approximate surface area is 172 Å². The van der Waals surface area contributed by atoms with E-state index in [1.165, 1.54) is 11.3 Å². The highest BCUT2D eigenvalue weighted by Crippen LogP contribution is 2.37. The van der Waals surface area contributed by atoms with Crippen LogP contribution in [0.15, 0.2) is 23.6 Å². The molecule has 1 unspecified atom stereocenters. The minimum atomic E-state index is -4.53. The van der Waals surface area contributed by atoms with Crippen LogP contribution in [0.5, 0.6) is 5.06 Å². The molecule has 0 fully saturated rings. The Hall–Kier alpha value is -1.06. The molecule has 0 spiro atoms. The Morgan fingerprint density at radius 2 is 2.07 bits per heavy atom. The van der Waals surface area contributed by atoms with Gasteiger partial charge in [0.05, 0.1) is 18.1 Å². The van der Waals surface area contributed by atoms with E-state index in [2.05, 4.69) is 4.52 Å². The second-order valence-electron chi connectivity index (χ2n) is 6.95. The van der Waals surface area contributed by atoms with Crippen molar-refractivity contribution in [2.24, 2.45) is 5.73 Å². The highest BCUT2D eigenvalue weighted by atomic mass is 32.1. The lowest BCUT2D eigenvalue weighted by Crippen LogP contribution is -2.41. The van der Waals surface area contributed by atoms with Crippen molar-refractivity contribution in [1.82, 2.24) is 0 Å². The van der Waals surface area contributed by atoms with Gasteiger partial charge in [0.25, 0.3) is 0 Å². The maximum atomic E-state index is 12.3. The van der Waals surface area contributed by atoms with E-state index >= 15 is 0 Å². The van der Waals surface area contributed by atoms with Gasteiger partial charge in [0.1, 0.15) is 0 Å². The molecule has 0 radical (unpaired) electrons. The van der Waals surface area contributed by atoms with Crippen molar-refractivity contribution in [3.63, 3.8) is 0 Å². The van der Waals surface area contributed by atoms with Crippen molar-refractivity contribution < 1.29 is 28.4 Å². The summed E-state index contributed by atoms with van der Waals surface area (Å²) in [6.07, 6.45) is 2.17. The smallest absolute Gasteiger partial charge is 0.469 e. The SMILES string of the molecule is Cc1ccsc1OCCCC(=O)c1ccc(CCC(C)(N)COP(=O)(O)O)s1. The average molecular weight is 448 g/mol. The molecule has 2 aromatic rings. The average Bonchev–Trinajstić information content (AvgIpc) is 3.24. The summed E-state index contributed by atoms with van der Waals surface area (Å²) in [5.74, 6) is 0.0862. The summed E-state index contributed by atoms with van der Waals surface area (Å²) < 4.78 is 21.0. The molecule has 0 bridgehead atoms. The number of phosphoric acid groups is 1. The van der Waals surface area contributed by atoms with Gasteiger partial charge in [0, 0.05) is 22.4 Å². The Balaban J connectivity index is 1.74. The molecule has 0 aliphatic carbocycles. The fourth-order valence-corrected chi connectivity index (χ4v) is 4.64. The molecule has 2 rings (SSSR count). The van der Waals surface area contributed by atoms with Crippen molar-refractivity contribution in [2.45, 2.75) is 45.1 Å². The lowest BCUT2D eigenvalue weighted by atomic mass is 9.98. The molecule has 2 aromatic heterocycles. The van der Waals surface area contributed by atoms with Crippen LogP contribution in [0, 0.1) is 6.92 Å². The number of carbonyl (C=O) groups excluding carboxylic acids is 1. The van der Waals surface area contributed by atoms with Crippen molar-refractivity contribution in [1.29, 1.82) is 0 Å². The normalized spacial score (nSPS) is 14.0. The quantitative estimate of drug-likeness (QED) is 0.256. The number of hydrogen-bond donors (Lipinski definition) is 3. The van der Waals surface area contributed by atoms with Crippen LogP contribution in [-0.2, 0) is 15.5 Å². The van der Waals surface area contributed by atoms with Crippen LogP contribution in [0.1, 0.15) is 46.3 Å². The lowest BCUT2D eigenvalue weighted by Gasteiger charge is -2.24. The number of thiophene rings is 2. The van der Waals surface area contributed by atoms with E-state index in [0.29, 0.717) is 37.2 Å². The summed E-state index contributed by atoms with van der Waals surface area (Å²) in [6, 6.07) is 5.71. The zero-order valence-electron chi connectivity index (χ0n) is 15.9. The van der Waals surface area contributed by atoms with E-state index in [9.17, 15) is 9.36 Å². The first-order chi connectivity index (χ1) is 13.1. The van der Waals surface area contributed by atoms with Crippen LogP contribution in [0.2, 0.25) is 0 Å². The molecule has 0 aliphatic rings. The van der Waals surface area contributed by atoms with Gasteiger partial charge < -0.3 is 20.3 Å². The van der Waals surface area contributed by atoms with Gasteiger partial charge >= 0.3 is 7.82 Å². The molecule has 10 heteroatoms. The maximum absolute atomic E-state index is 12.3. The number of phosphoric ester groups is 1. The number of ether oxygens (including phenoxy) is 1. The molecule has 1 atom stereocenters. The van der Waals surface area contributed by atoms with E-state index in [1.54, 1.807) is 18.3 Å². The van der Waals surface area contributed by atoms with Gasteiger partial charge in [0.2, 0.25) is 0 Å². The fourth-order valence-electron chi connectivity index (χ4n) is 2.40.